The lowest BCUT2D eigenvalue weighted by atomic mass is 10.3. The number of nitro groups is 1. The van der Waals surface area contributed by atoms with E-state index < -0.39 is 22.3 Å². The molecule has 1 N–H and O–H groups in total. The molecule has 0 atom stereocenters. The van der Waals surface area contributed by atoms with E-state index in [1.165, 1.54) is 22.5 Å². The van der Waals surface area contributed by atoms with Crippen LogP contribution in [0.2, 0.25) is 5.02 Å². The largest absolute Gasteiger partial charge is 0.409 e. The van der Waals surface area contributed by atoms with Crippen molar-refractivity contribution in [1.29, 1.82) is 0 Å². The Morgan fingerprint density at radius 1 is 1.31 bits per heavy atom. The van der Waals surface area contributed by atoms with E-state index in [1.54, 1.807) is 31.3 Å². The summed E-state index contributed by atoms with van der Waals surface area (Å²) in [7, 11) is 1.64. The molecule has 3 aromatic rings. The molecule has 0 aliphatic rings. The number of benzene rings is 1. The maximum absolute atomic E-state index is 12.6. The third-order valence-electron chi connectivity index (χ3n) is 3.69. The number of para-hydroxylation sites is 1. The summed E-state index contributed by atoms with van der Waals surface area (Å²) < 4.78 is 3.62. The molecule has 10 nitrogen and oxygen atoms in total. The van der Waals surface area contributed by atoms with Crippen LogP contribution in [0.1, 0.15) is 5.69 Å². The molecule has 134 valence electrons. The van der Waals surface area contributed by atoms with Gasteiger partial charge in [-0.25, -0.2) is 9.48 Å². The van der Waals surface area contributed by atoms with Gasteiger partial charge < -0.3 is 10.1 Å². The molecule has 1 aromatic carbocycles. The van der Waals surface area contributed by atoms with E-state index in [-0.39, 0.29) is 16.4 Å². The van der Waals surface area contributed by atoms with Crippen molar-refractivity contribution in [3.05, 3.63) is 67.7 Å². The van der Waals surface area contributed by atoms with E-state index in [0.717, 1.165) is 4.68 Å². The van der Waals surface area contributed by atoms with E-state index >= 15 is 0 Å². The first-order valence-corrected chi connectivity index (χ1v) is 7.74. The van der Waals surface area contributed by atoms with Gasteiger partial charge in [0.05, 0.1) is 22.7 Å². The van der Waals surface area contributed by atoms with Crippen molar-refractivity contribution in [2.24, 2.45) is 7.05 Å². The van der Waals surface area contributed by atoms with Crippen LogP contribution in [-0.4, -0.2) is 30.1 Å². The summed E-state index contributed by atoms with van der Waals surface area (Å²) in [4.78, 5) is 35.1. The average Bonchev–Trinajstić information content (AvgIpc) is 3.05. The Hall–Kier alpha value is -3.40. The smallest absolute Gasteiger partial charge is 0.358 e. The Labute approximate surface area is 151 Å². The molecule has 0 saturated carbocycles. The first-order chi connectivity index (χ1) is 12.3. The highest BCUT2D eigenvalue weighted by molar-refractivity contribution is 6.33. The number of carbonyl (C=O) groups is 1. The molecule has 11 heteroatoms. The van der Waals surface area contributed by atoms with Crippen molar-refractivity contribution in [2.45, 2.75) is 6.92 Å². The van der Waals surface area contributed by atoms with Crippen LogP contribution in [-0.2, 0) is 7.05 Å². The summed E-state index contributed by atoms with van der Waals surface area (Å²) in [6.07, 6.45) is 1.43. The van der Waals surface area contributed by atoms with E-state index in [1.807, 2.05) is 6.07 Å². The second kappa shape index (κ2) is 6.48. The maximum Gasteiger partial charge on any atom is 0.409 e. The Balaban J connectivity index is 1.96. The normalized spacial score (nSPS) is 10.7. The van der Waals surface area contributed by atoms with Crippen LogP contribution in [0.4, 0.5) is 16.3 Å². The summed E-state index contributed by atoms with van der Waals surface area (Å²) in [6, 6.07) is 8.03. The number of nitrogens with zero attached hydrogens (tertiary/aromatic N) is 5. The number of carbonyl (C=O) groups excluding carboxylic acids is 1. The predicted octanol–water partition coefficient (Wildman–Crippen LogP) is 2.32. The van der Waals surface area contributed by atoms with Gasteiger partial charge >= 0.3 is 11.8 Å². The molecule has 0 aliphatic heterocycles. The molecule has 0 radical (unpaired) electrons. The van der Waals surface area contributed by atoms with Gasteiger partial charge in [-0.1, -0.05) is 34.5 Å². The second-order valence-electron chi connectivity index (χ2n) is 5.39. The topological polar surface area (TPSA) is 117 Å². The number of nitrogens with one attached hydrogen (secondary N) is 1. The number of aryl methyl sites for hydroxylation is 1. The van der Waals surface area contributed by atoms with Crippen LogP contribution in [0.5, 0.6) is 0 Å². The standard InChI is InChI=1S/C15H13ClN6O4/c1-9-12(16)13(22(25)26)18-20(9)15(24)17-11-8-19(2)21(14(11)23)10-6-4-3-5-7-10/h3-8H,1-2H3,(H,17,24). The number of amides is 1. The zero-order valence-corrected chi connectivity index (χ0v) is 14.5. The number of hydrogen-bond donors (Lipinski definition) is 1. The van der Waals surface area contributed by atoms with Gasteiger partial charge in [0.25, 0.3) is 5.56 Å². The quantitative estimate of drug-likeness (QED) is 0.556. The molecule has 2 aromatic heterocycles. The fourth-order valence-corrected chi connectivity index (χ4v) is 2.65. The third-order valence-corrected chi connectivity index (χ3v) is 4.13. The van der Waals surface area contributed by atoms with Crippen molar-refractivity contribution in [3.63, 3.8) is 0 Å². The van der Waals surface area contributed by atoms with Gasteiger partial charge in [0.15, 0.2) is 5.02 Å². The zero-order valence-electron chi connectivity index (χ0n) is 13.7. The van der Waals surface area contributed by atoms with Crippen LogP contribution >= 0.6 is 11.6 Å². The van der Waals surface area contributed by atoms with Gasteiger partial charge in [-0.15, -0.1) is 0 Å². The van der Waals surface area contributed by atoms with Crippen molar-refractivity contribution >= 4 is 29.1 Å². The minimum absolute atomic E-state index is 0.00460. The van der Waals surface area contributed by atoms with E-state index in [4.69, 9.17) is 11.6 Å². The first-order valence-electron chi connectivity index (χ1n) is 7.36. The minimum Gasteiger partial charge on any atom is -0.358 e. The molecule has 0 unspecified atom stereocenters. The summed E-state index contributed by atoms with van der Waals surface area (Å²) in [5.41, 5.74) is 0.247. The van der Waals surface area contributed by atoms with Crippen LogP contribution in [0, 0.1) is 17.0 Å². The fraction of sp³-hybridized carbons (Fsp3) is 0.133. The summed E-state index contributed by atoms with van der Waals surface area (Å²) in [5, 5.41) is 16.6. The van der Waals surface area contributed by atoms with E-state index in [0.29, 0.717) is 5.69 Å². The molecule has 0 aliphatic carbocycles. The molecule has 26 heavy (non-hydrogen) atoms. The van der Waals surface area contributed by atoms with Gasteiger partial charge in [-0.2, -0.15) is 0 Å². The van der Waals surface area contributed by atoms with Gasteiger partial charge in [0.2, 0.25) is 0 Å². The monoisotopic (exact) mass is 376 g/mol. The van der Waals surface area contributed by atoms with Gasteiger partial charge in [0.1, 0.15) is 5.69 Å². The van der Waals surface area contributed by atoms with Crippen LogP contribution in [0.3, 0.4) is 0 Å². The highest BCUT2D eigenvalue weighted by atomic mass is 35.5. The van der Waals surface area contributed by atoms with Crippen LogP contribution < -0.4 is 10.9 Å². The molecular formula is C15H13ClN6O4. The highest BCUT2D eigenvalue weighted by Crippen LogP contribution is 2.26. The molecular weight excluding hydrogens is 364 g/mol. The summed E-state index contributed by atoms with van der Waals surface area (Å²) in [5.74, 6) is -0.630. The number of anilines is 1. The van der Waals surface area contributed by atoms with Gasteiger partial charge in [-0.05, 0) is 24.0 Å². The zero-order chi connectivity index (χ0) is 19.0. The van der Waals surface area contributed by atoms with Crippen molar-refractivity contribution in [2.75, 3.05) is 5.32 Å². The number of rotatable bonds is 3. The van der Waals surface area contributed by atoms with E-state index in [2.05, 4.69) is 10.4 Å². The second-order valence-corrected chi connectivity index (χ2v) is 5.77. The van der Waals surface area contributed by atoms with Crippen LogP contribution in [0.15, 0.2) is 41.3 Å². The Bertz CT molecular complexity index is 1070. The molecule has 0 bridgehead atoms. The van der Waals surface area contributed by atoms with Gasteiger partial charge in [0, 0.05) is 7.05 Å². The molecule has 1 amide bonds. The molecule has 0 spiro atoms. The van der Waals surface area contributed by atoms with Crippen LogP contribution in [0.25, 0.3) is 5.69 Å². The predicted molar refractivity (Wildman–Crippen MR) is 94.1 cm³/mol. The van der Waals surface area contributed by atoms with Crippen molar-refractivity contribution in [1.82, 2.24) is 19.1 Å². The molecule has 0 saturated heterocycles. The lowest BCUT2D eigenvalue weighted by Crippen LogP contribution is -2.26. The Morgan fingerprint density at radius 3 is 2.54 bits per heavy atom. The Morgan fingerprint density at radius 2 is 1.96 bits per heavy atom. The first kappa shape index (κ1) is 17.4. The van der Waals surface area contributed by atoms with Crippen molar-refractivity contribution < 1.29 is 9.72 Å². The number of aromatic nitrogens is 4. The molecule has 3 rings (SSSR count). The SMILES string of the molecule is Cc1c(Cl)c([N+](=O)[O-])nn1C(=O)Nc1cn(C)n(-c2ccccc2)c1=O. The Kier molecular flexibility index (Phi) is 4.34. The summed E-state index contributed by atoms with van der Waals surface area (Å²) in [6.45, 7) is 1.41. The van der Waals surface area contributed by atoms with E-state index in [9.17, 15) is 19.7 Å². The maximum atomic E-state index is 12.6. The minimum atomic E-state index is -0.833. The fourth-order valence-electron chi connectivity index (χ4n) is 2.46. The van der Waals surface area contributed by atoms with Crippen molar-refractivity contribution in [3.8, 4) is 5.69 Å². The molecule has 0 fully saturated rings. The highest BCUT2D eigenvalue weighted by Gasteiger charge is 2.28. The molecule has 2 heterocycles. The number of halogens is 1. The average molecular weight is 377 g/mol. The summed E-state index contributed by atoms with van der Waals surface area (Å²) >= 11 is 5.82. The van der Waals surface area contributed by atoms with Gasteiger partial charge in [-0.3, -0.25) is 14.8 Å². The lowest BCUT2D eigenvalue weighted by molar-refractivity contribution is -0.389. The third kappa shape index (κ3) is 2.86. The lowest BCUT2D eigenvalue weighted by Gasteiger charge is -2.05. The number of hydrogen-bond acceptors (Lipinski definition) is 5.